The van der Waals surface area contributed by atoms with E-state index in [1.54, 1.807) is 7.11 Å². The number of alkyl halides is 3. The number of carbonyl (C=O) groups is 1. The van der Waals surface area contributed by atoms with Gasteiger partial charge in [-0.05, 0) is 23.8 Å². The molecule has 3 aliphatic rings. The fourth-order valence-electron chi connectivity index (χ4n) is 4.16. The van der Waals surface area contributed by atoms with Gasteiger partial charge in [0.15, 0.2) is 5.78 Å². The van der Waals surface area contributed by atoms with Gasteiger partial charge >= 0.3 is 6.18 Å². The van der Waals surface area contributed by atoms with E-state index in [9.17, 15) is 22.4 Å². The van der Waals surface area contributed by atoms with Crippen molar-refractivity contribution >= 4 is 11.9 Å². The Morgan fingerprint density at radius 2 is 1.97 bits per heavy atom. The smallest absolute Gasteiger partial charge is 0.378 e. The number of halogens is 4. The first-order valence-electron chi connectivity index (χ1n) is 9.69. The highest BCUT2D eigenvalue weighted by molar-refractivity contribution is 6.15. The molecule has 0 amide bonds. The quantitative estimate of drug-likeness (QED) is 0.541. The number of hydrogen-bond donors (Lipinski definition) is 0. The zero-order valence-electron chi connectivity index (χ0n) is 16.4. The van der Waals surface area contributed by atoms with Crippen LogP contribution in [0.2, 0.25) is 0 Å². The molecule has 30 heavy (non-hydrogen) atoms. The Bertz CT molecular complexity index is 956. The number of ether oxygens (including phenoxy) is 2. The number of allylic oxidation sites excluding steroid dienone is 3. The van der Waals surface area contributed by atoms with Crippen LogP contribution in [-0.2, 0) is 20.4 Å². The maximum Gasteiger partial charge on any atom is 0.419 e. The van der Waals surface area contributed by atoms with Gasteiger partial charge < -0.3 is 14.4 Å². The van der Waals surface area contributed by atoms with Crippen molar-refractivity contribution in [3.8, 4) is 0 Å². The van der Waals surface area contributed by atoms with Crippen molar-refractivity contribution < 1.29 is 31.8 Å². The third-order valence-corrected chi connectivity index (χ3v) is 5.70. The van der Waals surface area contributed by atoms with Gasteiger partial charge in [0.2, 0.25) is 0 Å². The summed E-state index contributed by atoms with van der Waals surface area (Å²) in [6.07, 6.45) is -1.27. The summed E-state index contributed by atoms with van der Waals surface area (Å²) in [6.45, 7) is 2.66. The van der Waals surface area contributed by atoms with E-state index in [1.165, 1.54) is 12.1 Å². The Labute approximate surface area is 171 Å². The summed E-state index contributed by atoms with van der Waals surface area (Å²) >= 11 is 0. The van der Waals surface area contributed by atoms with Crippen LogP contribution in [0.4, 0.5) is 17.6 Å². The van der Waals surface area contributed by atoms with Crippen molar-refractivity contribution in [2.75, 3.05) is 33.4 Å². The monoisotopic (exact) mass is 423 g/mol. The molecule has 0 spiro atoms. The van der Waals surface area contributed by atoms with Crippen LogP contribution in [0.3, 0.4) is 0 Å². The number of hydrogen-bond acceptors (Lipinski definition) is 4. The van der Waals surface area contributed by atoms with Gasteiger partial charge in [0.05, 0.1) is 18.8 Å². The Kier molecular flexibility index (Phi) is 5.55. The summed E-state index contributed by atoms with van der Waals surface area (Å²) in [5.74, 6) is -1.63. The molecule has 8 heteroatoms. The third kappa shape index (κ3) is 3.81. The molecule has 0 saturated carbocycles. The molecule has 1 saturated heterocycles. The van der Waals surface area contributed by atoms with Crippen LogP contribution >= 0.6 is 0 Å². The summed E-state index contributed by atoms with van der Waals surface area (Å²) in [5.41, 5.74) is 1.07. The van der Waals surface area contributed by atoms with Crippen LogP contribution in [0.25, 0.3) is 6.08 Å². The van der Waals surface area contributed by atoms with Crippen LogP contribution < -0.4 is 0 Å². The summed E-state index contributed by atoms with van der Waals surface area (Å²) in [4.78, 5) is 15.1. The Hall–Kier alpha value is -2.45. The fourth-order valence-corrected chi connectivity index (χ4v) is 4.16. The van der Waals surface area contributed by atoms with Crippen molar-refractivity contribution in [3.63, 3.8) is 0 Å². The first kappa shape index (κ1) is 20.8. The number of ketones is 1. The fraction of sp³-hybridized carbons (Fsp3) is 0.409. The zero-order valence-corrected chi connectivity index (χ0v) is 16.4. The summed E-state index contributed by atoms with van der Waals surface area (Å²) in [7, 11) is 1.58. The first-order chi connectivity index (χ1) is 14.3. The molecule has 1 aromatic rings. The molecule has 2 aliphatic carbocycles. The number of morpholine rings is 1. The number of rotatable bonds is 3. The molecule has 0 bridgehead atoms. The van der Waals surface area contributed by atoms with Gasteiger partial charge in [0.25, 0.3) is 0 Å². The Balaban J connectivity index is 1.64. The topological polar surface area (TPSA) is 38.8 Å². The van der Waals surface area contributed by atoms with E-state index < -0.39 is 17.6 Å². The summed E-state index contributed by atoms with van der Waals surface area (Å²) < 4.78 is 64.4. The van der Waals surface area contributed by atoms with E-state index in [0.717, 1.165) is 30.4 Å². The van der Waals surface area contributed by atoms with E-state index in [0.29, 0.717) is 31.3 Å². The van der Waals surface area contributed by atoms with Crippen molar-refractivity contribution in [2.45, 2.75) is 25.1 Å². The molecule has 1 aromatic carbocycles. The number of benzene rings is 1. The van der Waals surface area contributed by atoms with E-state index in [4.69, 9.17) is 9.47 Å². The standard InChI is InChI=1S/C22H21F4NO3/c1-29-19-12-16-14(11-18(19)27-5-7-30-8-6-27)10-15(21(16)28)9-13-3-2-4-17(20(13)23)22(24,25)26/h2-4,9,11,19H,5-8,10,12H2,1H3/b15-9+. The molecule has 0 radical (unpaired) electrons. The van der Waals surface area contributed by atoms with Gasteiger partial charge in [-0.2, -0.15) is 13.2 Å². The molecule has 1 aliphatic heterocycles. The van der Waals surface area contributed by atoms with Crippen LogP contribution in [0.15, 0.2) is 46.7 Å². The summed E-state index contributed by atoms with van der Waals surface area (Å²) in [5, 5.41) is 0. The molecule has 4 rings (SSSR count). The van der Waals surface area contributed by atoms with E-state index in [-0.39, 0.29) is 29.4 Å². The lowest BCUT2D eigenvalue weighted by Crippen LogP contribution is -2.40. The number of methoxy groups -OCH3 is 1. The Morgan fingerprint density at radius 1 is 1.23 bits per heavy atom. The molecule has 1 fully saturated rings. The number of carbonyl (C=O) groups excluding carboxylic acids is 1. The molecule has 1 atom stereocenters. The molecular weight excluding hydrogens is 402 g/mol. The molecule has 4 nitrogen and oxygen atoms in total. The van der Waals surface area contributed by atoms with Crippen LogP contribution in [0, 0.1) is 5.82 Å². The summed E-state index contributed by atoms with van der Waals surface area (Å²) in [6, 6.07) is 3.08. The average Bonchev–Trinajstić information content (AvgIpc) is 3.03. The van der Waals surface area contributed by atoms with Gasteiger partial charge in [-0.3, -0.25) is 4.79 Å². The third-order valence-electron chi connectivity index (χ3n) is 5.70. The molecule has 1 heterocycles. The first-order valence-corrected chi connectivity index (χ1v) is 9.69. The van der Waals surface area contributed by atoms with Gasteiger partial charge in [-0.25, -0.2) is 4.39 Å². The molecule has 0 N–H and O–H groups in total. The molecular formula is C22H21F4NO3. The number of Topliss-reactive ketones (excluding diaryl/α,β-unsaturated/α-hetero) is 1. The van der Waals surface area contributed by atoms with E-state index in [2.05, 4.69) is 4.90 Å². The molecule has 160 valence electrons. The predicted molar refractivity (Wildman–Crippen MR) is 102 cm³/mol. The Morgan fingerprint density at radius 3 is 2.63 bits per heavy atom. The highest BCUT2D eigenvalue weighted by atomic mass is 19.4. The second-order valence-electron chi connectivity index (χ2n) is 7.48. The van der Waals surface area contributed by atoms with Crippen LogP contribution in [0.1, 0.15) is 24.0 Å². The zero-order chi connectivity index (χ0) is 21.5. The van der Waals surface area contributed by atoms with Gasteiger partial charge in [-0.1, -0.05) is 12.1 Å². The van der Waals surface area contributed by atoms with Gasteiger partial charge in [-0.15, -0.1) is 0 Å². The molecule has 1 unspecified atom stereocenters. The van der Waals surface area contributed by atoms with E-state index in [1.807, 2.05) is 6.08 Å². The van der Waals surface area contributed by atoms with Crippen molar-refractivity contribution in [2.24, 2.45) is 0 Å². The van der Waals surface area contributed by atoms with Crippen LogP contribution in [-0.4, -0.2) is 50.2 Å². The second kappa shape index (κ2) is 8.00. The van der Waals surface area contributed by atoms with Crippen molar-refractivity contribution in [3.05, 3.63) is 63.6 Å². The lowest BCUT2D eigenvalue weighted by molar-refractivity contribution is -0.140. The predicted octanol–water partition coefficient (Wildman–Crippen LogP) is 4.13. The minimum atomic E-state index is -4.79. The van der Waals surface area contributed by atoms with Gasteiger partial charge in [0, 0.05) is 55.4 Å². The SMILES string of the molecule is COC1CC2=C(C=C1N1CCOCC1)C/C(=C\c1cccc(C(F)(F)F)c1F)C2=O. The minimum Gasteiger partial charge on any atom is -0.378 e. The lowest BCUT2D eigenvalue weighted by Gasteiger charge is -2.36. The normalized spacial score (nSPS) is 23.8. The number of nitrogens with zero attached hydrogens (tertiary/aromatic N) is 1. The lowest BCUT2D eigenvalue weighted by atomic mass is 9.94. The second-order valence-corrected chi connectivity index (χ2v) is 7.48. The maximum absolute atomic E-state index is 14.4. The average molecular weight is 423 g/mol. The largest absolute Gasteiger partial charge is 0.419 e. The highest BCUT2D eigenvalue weighted by Gasteiger charge is 2.37. The van der Waals surface area contributed by atoms with Crippen molar-refractivity contribution in [1.82, 2.24) is 4.90 Å². The van der Waals surface area contributed by atoms with E-state index >= 15 is 0 Å². The van der Waals surface area contributed by atoms with Gasteiger partial charge in [0.1, 0.15) is 11.9 Å². The highest BCUT2D eigenvalue weighted by Crippen LogP contribution is 2.40. The minimum absolute atomic E-state index is 0.242. The molecule has 0 aromatic heterocycles. The maximum atomic E-state index is 14.4. The van der Waals surface area contributed by atoms with Crippen LogP contribution in [0.5, 0.6) is 0 Å². The van der Waals surface area contributed by atoms with Crippen molar-refractivity contribution in [1.29, 1.82) is 0 Å².